The van der Waals surface area contributed by atoms with E-state index in [0.29, 0.717) is 43.9 Å². The van der Waals surface area contributed by atoms with Gasteiger partial charge in [-0.15, -0.1) is 0 Å². The van der Waals surface area contributed by atoms with Gasteiger partial charge in [-0.25, -0.2) is 29.3 Å². The van der Waals surface area contributed by atoms with Gasteiger partial charge in [-0.3, -0.25) is 14.5 Å². The number of halogens is 2. The average Bonchev–Trinajstić information content (AvgIpc) is 3.45. The molecule has 0 amide bonds. The number of likely N-dealkylation sites (tertiary alicyclic amines) is 1. The fourth-order valence-electron chi connectivity index (χ4n) is 5.65. The van der Waals surface area contributed by atoms with E-state index in [1.807, 2.05) is 41.0 Å². The highest BCUT2D eigenvalue weighted by molar-refractivity contribution is 14.1. The topological polar surface area (TPSA) is 147 Å². The highest BCUT2D eigenvalue weighted by Crippen LogP contribution is 2.32. The van der Waals surface area contributed by atoms with E-state index < -0.39 is 5.82 Å². The first-order valence-corrected chi connectivity index (χ1v) is 15.9. The van der Waals surface area contributed by atoms with Gasteiger partial charge in [0.1, 0.15) is 28.9 Å². The molecule has 11 nitrogen and oxygen atoms in total. The summed E-state index contributed by atoms with van der Waals surface area (Å²) in [6, 6.07) is 22.5. The smallest absolute Gasteiger partial charge is 0.234 e. The minimum atomic E-state index is -0.447. The molecule has 1 saturated heterocycles. The predicted octanol–water partition coefficient (Wildman–Crippen LogP) is 5.77. The van der Waals surface area contributed by atoms with Crippen LogP contribution in [0.4, 0.5) is 16.0 Å². The summed E-state index contributed by atoms with van der Waals surface area (Å²) in [5, 5.41) is 12.6. The van der Waals surface area contributed by atoms with Crippen molar-refractivity contribution >= 4 is 45.4 Å². The number of nitrogen functional groups attached to an aromatic ring is 1. The van der Waals surface area contributed by atoms with Crippen molar-refractivity contribution in [3.05, 3.63) is 103 Å². The maximum Gasteiger partial charge on any atom is 0.234 e. The average molecular weight is 724 g/mol. The molecule has 5 aromatic heterocycles. The molecule has 6 heterocycles. The number of aromatic nitrogens is 7. The van der Waals surface area contributed by atoms with Crippen LogP contribution in [0, 0.1) is 17.1 Å². The van der Waals surface area contributed by atoms with E-state index in [2.05, 4.69) is 64.9 Å². The van der Waals surface area contributed by atoms with Crippen LogP contribution in [-0.4, -0.2) is 56.0 Å². The Morgan fingerprint density at radius 3 is 2.57 bits per heavy atom. The number of nitrogens with two attached hydrogens (primary N) is 1. The van der Waals surface area contributed by atoms with Gasteiger partial charge in [0.25, 0.3) is 0 Å². The van der Waals surface area contributed by atoms with E-state index in [4.69, 9.17) is 21.0 Å². The third-order valence-corrected chi connectivity index (χ3v) is 9.21. The zero-order valence-electron chi connectivity index (χ0n) is 24.4. The summed E-state index contributed by atoms with van der Waals surface area (Å²) in [5.41, 5.74) is 10.7. The fourth-order valence-corrected chi connectivity index (χ4v) is 6.74. The van der Waals surface area contributed by atoms with Gasteiger partial charge in [-0.05, 0) is 73.0 Å². The summed E-state index contributed by atoms with van der Waals surface area (Å²) < 4.78 is 16.9. The molecule has 0 bridgehead atoms. The molecular formula is C33H27FIN11. The standard InChI is InChI=1S/C33H27FIN11/c34-24-4-2-13-39-30(24)25-9-10-26-33(42-25)46(32(43-26)23-3-1-14-40-31(23)37)22-7-5-20(6-8-22)19-45-16-12-21(17-27(45)35)41-28-11-15-38-29(18-36)44-28/h1-11,13-15,21,27H,12,16-17,19H2,(H2,37,40)(H,38,41,44). The van der Waals surface area contributed by atoms with Gasteiger partial charge in [0.15, 0.2) is 17.3 Å². The molecule has 7 rings (SSSR count). The van der Waals surface area contributed by atoms with E-state index in [1.165, 1.54) is 11.6 Å². The normalized spacial score (nSPS) is 16.7. The van der Waals surface area contributed by atoms with Gasteiger partial charge < -0.3 is 11.1 Å². The number of benzene rings is 1. The number of anilines is 2. The van der Waals surface area contributed by atoms with Crippen LogP contribution in [0.1, 0.15) is 24.2 Å². The van der Waals surface area contributed by atoms with E-state index in [0.717, 1.165) is 31.6 Å². The van der Waals surface area contributed by atoms with Gasteiger partial charge in [0.05, 0.1) is 15.3 Å². The van der Waals surface area contributed by atoms with Crippen molar-refractivity contribution in [2.75, 3.05) is 17.6 Å². The van der Waals surface area contributed by atoms with Gasteiger partial charge in [-0.2, -0.15) is 5.26 Å². The molecule has 228 valence electrons. The highest BCUT2D eigenvalue weighted by atomic mass is 127. The number of nitrogens with one attached hydrogen (secondary N) is 1. The molecule has 0 saturated carbocycles. The number of hydrogen-bond donors (Lipinski definition) is 2. The number of alkyl halides is 1. The Hall–Kier alpha value is -5.07. The Labute approximate surface area is 277 Å². The van der Waals surface area contributed by atoms with Crippen molar-refractivity contribution in [1.29, 1.82) is 5.26 Å². The number of hydrogen-bond acceptors (Lipinski definition) is 10. The minimum Gasteiger partial charge on any atom is -0.383 e. The van der Waals surface area contributed by atoms with E-state index in [1.54, 1.807) is 36.8 Å². The molecule has 0 spiro atoms. The molecule has 3 N–H and O–H groups in total. The summed E-state index contributed by atoms with van der Waals surface area (Å²) >= 11 is 2.50. The van der Waals surface area contributed by atoms with Crippen molar-refractivity contribution in [2.45, 2.75) is 29.5 Å². The second-order valence-corrected chi connectivity index (χ2v) is 12.3. The van der Waals surface area contributed by atoms with Crippen molar-refractivity contribution in [2.24, 2.45) is 0 Å². The Balaban J connectivity index is 1.15. The Morgan fingerprint density at radius 2 is 1.78 bits per heavy atom. The Bertz CT molecular complexity index is 2080. The molecule has 6 aromatic rings. The molecule has 0 aliphatic carbocycles. The van der Waals surface area contributed by atoms with Crippen LogP contribution in [0.3, 0.4) is 0 Å². The van der Waals surface area contributed by atoms with Crippen LogP contribution in [0.2, 0.25) is 0 Å². The molecular weight excluding hydrogens is 696 g/mol. The van der Waals surface area contributed by atoms with Crippen LogP contribution in [0.25, 0.3) is 39.6 Å². The van der Waals surface area contributed by atoms with E-state index >= 15 is 0 Å². The van der Waals surface area contributed by atoms with Crippen LogP contribution in [-0.2, 0) is 6.54 Å². The Morgan fingerprint density at radius 1 is 0.957 bits per heavy atom. The summed E-state index contributed by atoms with van der Waals surface area (Å²) in [7, 11) is 0. The molecule has 46 heavy (non-hydrogen) atoms. The highest BCUT2D eigenvalue weighted by Gasteiger charge is 2.27. The number of rotatable bonds is 7. The van der Waals surface area contributed by atoms with Gasteiger partial charge >= 0.3 is 0 Å². The van der Waals surface area contributed by atoms with Crippen LogP contribution in [0.15, 0.2) is 85.3 Å². The van der Waals surface area contributed by atoms with Crippen molar-refractivity contribution in [1.82, 2.24) is 39.4 Å². The van der Waals surface area contributed by atoms with Gasteiger partial charge in [0, 0.05) is 43.4 Å². The quantitative estimate of drug-likeness (QED) is 0.118. The number of fused-ring (bicyclic) bond motifs is 1. The Kier molecular flexibility index (Phi) is 8.20. The lowest BCUT2D eigenvalue weighted by atomic mass is 10.0. The number of nitriles is 1. The maximum atomic E-state index is 14.7. The predicted molar refractivity (Wildman–Crippen MR) is 181 cm³/mol. The van der Waals surface area contributed by atoms with E-state index in [9.17, 15) is 4.39 Å². The summed E-state index contributed by atoms with van der Waals surface area (Å²) in [4.78, 5) is 28.9. The fraction of sp³-hybridized carbons (Fsp3) is 0.182. The lowest BCUT2D eigenvalue weighted by molar-refractivity contribution is 0.199. The second-order valence-electron chi connectivity index (χ2n) is 10.9. The summed E-state index contributed by atoms with van der Waals surface area (Å²) in [6.07, 6.45) is 6.67. The third-order valence-electron chi connectivity index (χ3n) is 7.91. The maximum absolute atomic E-state index is 14.7. The SMILES string of the molecule is N#Cc1nccc(NC2CCN(Cc3ccc(-n4c(-c5cccnc5N)nc5ccc(-c6ncccc6F)nc54)cc3)C(I)C2)n1. The van der Waals surface area contributed by atoms with Crippen molar-refractivity contribution in [3.63, 3.8) is 0 Å². The van der Waals surface area contributed by atoms with Crippen LogP contribution in [0.5, 0.6) is 0 Å². The second kappa shape index (κ2) is 12.7. The molecule has 0 radical (unpaired) electrons. The lowest BCUT2D eigenvalue weighted by Crippen LogP contribution is -2.43. The molecule has 1 fully saturated rings. The summed E-state index contributed by atoms with van der Waals surface area (Å²) in [6.45, 7) is 1.71. The minimum absolute atomic E-state index is 0.162. The largest absolute Gasteiger partial charge is 0.383 e. The molecule has 1 aromatic carbocycles. The molecule has 2 unspecified atom stereocenters. The lowest BCUT2D eigenvalue weighted by Gasteiger charge is -2.37. The van der Waals surface area contributed by atoms with Crippen LogP contribution >= 0.6 is 22.6 Å². The number of imidazole rings is 1. The molecule has 1 aliphatic heterocycles. The van der Waals surface area contributed by atoms with Gasteiger partial charge in [-0.1, -0.05) is 34.7 Å². The van der Waals surface area contributed by atoms with Gasteiger partial charge in [0.2, 0.25) is 5.82 Å². The monoisotopic (exact) mass is 723 g/mol. The number of pyridine rings is 3. The molecule has 1 aliphatic rings. The summed E-state index contributed by atoms with van der Waals surface area (Å²) in [5.74, 6) is 1.33. The first-order chi connectivity index (χ1) is 22.5. The van der Waals surface area contributed by atoms with Crippen LogP contribution < -0.4 is 11.1 Å². The molecule has 13 heteroatoms. The first-order valence-electron chi connectivity index (χ1n) is 14.6. The zero-order valence-corrected chi connectivity index (χ0v) is 26.6. The van der Waals surface area contributed by atoms with Crippen molar-refractivity contribution in [3.8, 4) is 34.5 Å². The zero-order chi connectivity index (χ0) is 31.6. The number of piperidine rings is 1. The third kappa shape index (κ3) is 5.96. The van der Waals surface area contributed by atoms with E-state index in [-0.39, 0.29) is 17.6 Å². The van der Waals surface area contributed by atoms with Crippen molar-refractivity contribution < 1.29 is 4.39 Å². The molecule has 2 atom stereocenters. The first kappa shape index (κ1) is 29.6. The number of nitrogens with zero attached hydrogens (tertiary/aromatic N) is 9.